The van der Waals surface area contributed by atoms with E-state index in [-0.39, 0.29) is 17.2 Å². The van der Waals surface area contributed by atoms with Gasteiger partial charge in [0.2, 0.25) is 0 Å². The summed E-state index contributed by atoms with van der Waals surface area (Å²) < 4.78 is 6.53. The molecule has 31 heavy (non-hydrogen) atoms. The van der Waals surface area contributed by atoms with E-state index < -0.39 is 0 Å². The summed E-state index contributed by atoms with van der Waals surface area (Å²) in [5.74, 6) is 0.318. The molecule has 0 fully saturated rings. The maximum absolute atomic E-state index is 13.1. The standard InChI is InChI=1S/C24H30N4O3/c1-4-14-27(15-5-2)16-13-25-23(29)22-20-11-6-7-12-21(20)24(30)28(26-22)18-9-8-10-19(17-18)31-3/h6-12,17H,4-5,13-16H2,1-3H3,(H,25,29). The fourth-order valence-electron chi connectivity index (χ4n) is 3.65. The summed E-state index contributed by atoms with van der Waals surface area (Å²) >= 11 is 0. The van der Waals surface area contributed by atoms with Gasteiger partial charge in [0.05, 0.1) is 18.2 Å². The van der Waals surface area contributed by atoms with Crippen LogP contribution in [0.2, 0.25) is 0 Å². The van der Waals surface area contributed by atoms with Gasteiger partial charge in [0.25, 0.3) is 11.5 Å². The number of carbonyl (C=O) groups excluding carboxylic acids is 1. The van der Waals surface area contributed by atoms with Crippen LogP contribution in [0.15, 0.2) is 53.3 Å². The lowest BCUT2D eigenvalue weighted by Gasteiger charge is -2.21. The number of fused-ring (bicyclic) bond motifs is 1. The largest absolute Gasteiger partial charge is 0.497 e. The molecule has 0 spiro atoms. The molecule has 1 N–H and O–H groups in total. The number of nitrogens with one attached hydrogen (secondary N) is 1. The number of amides is 1. The Hall–Kier alpha value is -3.19. The van der Waals surface area contributed by atoms with Gasteiger partial charge < -0.3 is 15.0 Å². The van der Waals surface area contributed by atoms with Crippen molar-refractivity contribution in [1.82, 2.24) is 20.0 Å². The second kappa shape index (κ2) is 10.7. The highest BCUT2D eigenvalue weighted by atomic mass is 16.5. The van der Waals surface area contributed by atoms with E-state index in [1.165, 1.54) is 4.68 Å². The molecule has 0 bridgehead atoms. The van der Waals surface area contributed by atoms with Crippen LogP contribution in [0.5, 0.6) is 5.75 Å². The maximum atomic E-state index is 13.1. The Bertz CT molecular complexity index is 1090. The molecule has 2 aromatic carbocycles. The van der Waals surface area contributed by atoms with Crippen LogP contribution in [-0.2, 0) is 0 Å². The van der Waals surface area contributed by atoms with E-state index in [4.69, 9.17) is 4.74 Å². The lowest BCUT2D eigenvalue weighted by atomic mass is 10.1. The summed E-state index contributed by atoms with van der Waals surface area (Å²) in [6, 6.07) is 14.1. The van der Waals surface area contributed by atoms with Crippen LogP contribution in [0.25, 0.3) is 16.5 Å². The fraction of sp³-hybridized carbons (Fsp3) is 0.375. The van der Waals surface area contributed by atoms with Crippen LogP contribution in [0.4, 0.5) is 0 Å². The van der Waals surface area contributed by atoms with Gasteiger partial charge in [0, 0.05) is 24.5 Å². The number of nitrogens with zero attached hydrogens (tertiary/aromatic N) is 3. The molecule has 1 heterocycles. The average molecular weight is 423 g/mol. The molecule has 3 rings (SSSR count). The fourth-order valence-corrected chi connectivity index (χ4v) is 3.65. The second-order valence-electron chi connectivity index (χ2n) is 7.41. The minimum absolute atomic E-state index is 0.232. The molecule has 0 atom stereocenters. The van der Waals surface area contributed by atoms with E-state index in [0.29, 0.717) is 28.8 Å². The molecule has 0 saturated heterocycles. The van der Waals surface area contributed by atoms with Crippen molar-refractivity contribution in [3.05, 3.63) is 64.6 Å². The molecule has 0 aliphatic carbocycles. The number of benzene rings is 2. The summed E-state index contributed by atoms with van der Waals surface area (Å²) in [6.07, 6.45) is 2.15. The number of ether oxygens (including phenoxy) is 1. The van der Waals surface area contributed by atoms with Gasteiger partial charge in [-0.25, -0.2) is 0 Å². The first-order chi connectivity index (χ1) is 15.1. The van der Waals surface area contributed by atoms with Gasteiger partial charge in [0.15, 0.2) is 5.69 Å². The molecule has 1 aromatic heterocycles. The normalized spacial score (nSPS) is 11.1. The molecular formula is C24H30N4O3. The Labute approximate surface area is 182 Å². The Morgan fingerprint density at radius 1 is 1.03 bits per heavy atom. The van der Waals surface area contributed by atoms with E-state index >= 15 is 0 Å². The van der Waals surface area contributed by atoms with Gasteiger partial charge >= 0.3 is 0 Å². The van der Waals surface area contributed by atoms with Crippen molar-refractivity contribution in [3.63, 3.8) is 0 Å². The van der Waals surface area contributed by atoms with Crippen LogP contribution in [0.3, 0.4) is 0 Å². The van der Waals surface area contributed by atoms with Crippen molar-refractivity contribution in [3.8, 4) is 11.4 Å². The summed E-state index contributed by atoms with van der Waals surface area (Å²) in [5.41, 5.74) is 0.495. The third-order valence-electron chi connectivity index (χ3n) is 5.11. The number of aromatic nitrogens is 2. The van der Waals surface area contributed by atoms with E-state index in [2.05, 4.69) is 29.2 Å². The van der Waals surface area contributed by atoms with E-state index in [1.807, 2.05) is 0 Å². The number of methoxy groups -OCH3 is 1. The Morgan fingerprint density at radius 2 is 1.74 bits per heavy atom. The second-order valence-corrected chi connectivity index (χ2v) is 7.41. The van der Waals surface area contributed by atoms with Crippen molar-refractivity contribution in [2.24, 2.45) is 0 Å². The molecule has 1 amide bonds. The van der Waals surface area contributed by atoms with E-state index in [0.717, 1.165) is 32.5 Å². The molecule has 7 nitrogen and oxygen atoms in total. The third-order valence-corrected chi connectivity index (χ3v) is 5.11. The summed E-state index contributed by atoms with van der Waals surface area (Å²) in [4.78, 5) is 28.4. The van der Waals surface area contributed by atoms with Gasteiger partial charge in [0.1, 0.15) is 5.75 Å². The first-order valence-corrected chi connectivity index (χ1v) is 10.8. The molecule has 0 saturated carbocycles. The van der Waals surface area contributed by atoms with Crippen LogP contribution in [-0.4, -0.2) is 53.9 Å². The predicted molar refractivity (Wildman–Crippen MR) is 123 cm³/mol. The van der Waals surface area contributed by atoms with Crippen molar-refractivity contribution >= 4 is 16.7 Å². The molecule has 0 unspecified atom stereocenters. The summed E-state index contributed by atoms with van der Waals surface area (Å²) in [6.45, 7) is 7.61. The maximum Gasteiger partial charge on any atom is 0.279 e. The van der Waals surface area contributed by atoms with Gasteiger partial charge in [-0.1, -0.05) is 38.1 Å². The predicted octanol–water partition coefficient (Wildman–Crippen LogP) is 3.25. The summed E-state index contributed by atoms with van der Waals surface area (Å²) in [5, 5.41) is 8.41. The highest BCUT2D eigenvalue weighted by molar-refractivity contribution is 6.04. The molecule has 0 aliphatic rings. The molecule has 0 radical (unpaired) electrons. The molecule has 0 aliphatic heterocycles. The molecule has 7 heteroatoms. The number of hydrogen-bond donors (Lipinski definition) is 1. The van der Waals surface area contributed by atoms with Crippen LogP contribution < -0.4 is 15.6 Å². The Kier molecular flexibility index (Phi) is 7.78. The zero-order valence-electron chi connectivity index (χ0n) is 18.4. The van der Waals surface area contributed by atoms with Crippen molar-refractivity contribution < 1.29 is 9.53 Å². The summed E-state index contributed by atoms with van der Waals surface area (Å²) in [7, 11) is 1.56. The average Bonchev–Trinajstić information content (AvgIpc) is 2.79. The number of hydrogen-bond acceptors (Lipinski definition) is 5. The molecule has 3 aromatic rings. The lowest BCUT2D eigenvalue weighted by Crippen LogP contribution is -2.37. The van der Waals surface area contributed by atoms with E-state index in [1.54, 1.807) is 55.6 Å². The van der Waals surface area contributed by atoms with Crippen molar-refractivity contribution in [2.75, 3.05) is 33.3 Å². The van der Waals surface area contributed by atoms with Crippen molar-refractivity contribution in [1.29, 1.82) is 0 Å². The zero-order chi connectivity index (χ0) is 22.2. The van der Waals surface area contributed by atoms with Gasteiger partial charge in [-0.2, -0.15) is 9.78 Å². The smallest absolute Gasteiger partial charge is 0.279 e. The molecule has 164 valence electrons. The minimum Gasteiger partial charge on any atom is -0.497 e. The zero-order valence-corrected chi connectivity index (χ0v) is 18.4. The van der Waals surface area contributed by atoms with Crippen LogP contribution in [0.1, 0.15) is 37.2 Å². The Morgan fingerprint density at radius 3 is 2.42 bits per heavy atom. The first kappa shape index (κ1) is 22.5. The quantitative estimate of drug-likeness (QED) is 0.543. The minimum atomic E-state index is -0.291. The molecular weight excluding hydrogens is 392 g/mol. The highest BCUT2D eigenvalue weighted by Gasteiger charge is 2.17. The lowest BCUT2D eigenvalue weighted by molar-refractivity contribution is 0.0943. The Balaban J connectivity index is 1.93. The first-order valence-electron chi connectivity index (χ1n) is 10.8. The highest BCUT2D eigenvalue weighted by Crippen LogP contribution is 2.18. The van der Waals surface area contributed by atoms with E-state index in [9.17, 15) is 9.59 Å². The third kappa shape index (κ3) is 5.30. The SMILES string of the molecule is CCCN(CCC)CCNC(=O)c1nn(-c2cccc(OC)c2)c(=O)c2ccccc12. The van der Waals surface area contributed by atoms with Gasteiger partial charge in [-0.15, -0.1) is 0 Å². The van der Waals surface area contributed by atoms with Gasteiger partial charge in [-0.3, -0.25) is 9.59 Å². The number of rotatable bonds is 10. The van der Waals surface area contributed by atoms with Gasteiger partial charge in [-0.05, 0) is 44.1 Å². The monoisotopic (exact) mass is 422 g/mol. The van der Waals surface area contributed by atoms with Crippen LogP contribution >= 0.6 is 0 Å². The van der Waals surface area contributed by atoms with Crippen LogP contribution in [0, 0.1) is 0 Å². The number of carbonyl (C=O) groups is 1. The topological polar surface area (TPSA) is 76.5 Å². The van der Waals surface area contributed by atoms with Crippen molar-refractivity contribution in [2.45, 2.75) is 26.7 Å².